The van der Waals surface area contributed by atoms with Crippen LogP contribution in [0.15, 0.2) is 0 Å². The van der Waals surface area contributed by atoms with E-state index in [-0.39, 0.29) is 13.2 Å². The maximum Gasteiger partial charge on any atom is 0.417 e. The molecule has 0 aromatic rings. The second kappa shape index (κ2) is 9.78. The molecule has 118 valence electrons. The molecule has 1 unspecified atom stereocenters. The fourth-order valence-electron chi connectivity index (χ4n) is 2.50. The topological polar surface area (TPSA) is 52.6 Å². The highest BCUT2D eigenvalue weighted by atomic mass is 16.6. The lowest BCUT2D eigenvalue weighted by atomic mass is 9.79. The van der Waals surface area contributed by atoms with Crippen LogP contribution in [0.3, 0.4) is 0 Å². The van der Waals surface area contributed by atoms with E-state index < -0.39 is 11.9 Å². The maximum atomic E-state index is 11.3. The highest BCUT2D eigenvalue weighted by Crippen LogP contribution is 2.28. The molecule has 0 rings (SSSR count). The van der Waals surface area contributed by atoms with Gasteiger partial charge in [0.1, 0.15) is 0 Å². The predicted molar refractivity (Wildman–Crippen MR) is 79.2 cm³/mol. The minimum absolute atomic E-state index is 0.189. The number of rotatable bonds is 8. The number of hydrogen-bond acceptors (Lipinski definition) is 4. The van der Waals surface area contributed by atoms with Crippen molar-refractivity contribution in [2.45, 2.75) is 54.4 Å². The van der Waals surface area contributed by atoms with Crippen molar-refractivity contribution < 1.29 is 19.1 Å². The summed E-state index contributed by atoms with van der Waals surface area (Å²) in [5.41, 5.74) is 0. The first-order valence-corrected chi connectivity index (χ1v) is 7.63. The van der Waals surface area contributed by atoms with Crippen LogP contribution in [0.2, 0.25) is 0 Å². The molecule has 0 amide bonds. The van der Waals surface area contributed by atoms with Crippen molar-refractivity contribution in [3.8, 4) is 0 Å². The van der Waals surface area contributed by atoms with Gasteiger partial charge in [0.2, 0.25) is 0 Å². The van der Waals surface area contributed by atoms with Crippen LogP contribution >= 0.6 is 0 Å². The molecule has 4 nitrogen and oxygen atoms in total. The zero-order valence-electron chi connectivity index (χ0n) is 13.8. The summed E-state index contributed by atoms with van der Waals surface area (Å²) in [6, 6.07) is 0. The van der Waals surface area contributed by atoms with Crippen molar-refractivity contribution in [3.05, 3.63) is 0 Å². The van der Waals surface area contributed by atoms with Gasteiger partial charge in [0, 0.05) is 0 Å². The summed E-state index contributed by atoms with van der Waals surface area (Å²) >= 11 is 0. The summed E-state index contributed by atoms with van der Waals surface area (Å²) in [6.45, 7) is 13.3. The van der Waals surface area contributed by atoms with Crippen LogP contribution in [0.4, 0.5) is 0 Å². The van der Waals surface area contributed by atoms with Gasteiger partial charge in [-0.05, 0) is 43.4 Å². The Morgan fingerprint density at radius 1 is 0.900 bits per heavy atom. The van der Waals surface area contributed by atoms with E-state index in [4.69, 9.17) is 4.74 Å². The van der Waals surface area contributed by atoms with Crippen molar-refractivity contribution in [2.24, 2.45) is 23.7 Å². The van der Waals surface area contributed by atoms with Crippen LogP contribution in [0.1, 0.15) is 54.4 Å². The number of esters is 2. The summed E-state index contributed by atoms with van der Waals surface area (Å²) in [7, 11) is 0. The van der Waals surface area contributed by atoms with E-state index in [1.165, 1.54) is 0 Å². The summed E-state index contributed by atoms with van der Waals surface area (Å²) in [4.78, 5) is 22.3. The van der Waals surface area contributed by atoms with Crippen molar-refractivity contribution in [1.82, 2.24) is 0 Å². The van der Waals surface area contributed by atoms with Gasteiger partial charge in [-0.25, -0.2) is 9.59 Å². The largest absolute Gasteiger partial charge is 0.458 e. The molecular weight excluding hydrogens is 256 g/mol. The quantitative estimate of drug-likeness (QED) is 0.506. The number of carbonyl (C=O) groups is 2. The number of hydrogen-bond donors (Lipinski definition) is 0. The van der Waals surface area contributed by atoms with Crippen LogP contribution in [0.5, 0.6) is 0 Å². The predicted octanol–water partition coefficient (Wildman–Crippen LogP) is 3.44. The van der Waals surface area contributed by atoms with Gasteiger partial charge in [0.05, 0.1) is 13.2 Å². The standard InChI is InChI=1S/C16H30O4/c1-7-19-15(17)16(18)20-9-8-13(6)10-14(11(2)3)12(4)5/h11-14H,7-10H2,1-6H3. The average Bonchev–Trinajstić information content (AvgIpc) is 2.35. The van der Waals surface area contributed by atoms with Crippen molar-refractivity contribution in [2.75, 3.05) is 13.2 Å². The molecule has 0 aliphatic carbocycles. The minimum atomic E-state index is -0.901. The molecule has 0 fully saturated rings. The minimum Gasteiger partial charge on any atom is -0.458 e. The molecule has 0 saturated heterocycles. The van der Waals surface area contributed by atoms with E-state index in [0.29, 0.717) is 23.7 Å². The van der Waals surface area contributed by atoms with Gasteiger partial charge in [-0.1, -0.05) is 34.6 Å². The third-order valence-electron chi connectivity index (χ3n) is 3.67. The summed E-state index contributed by atoms with van der Waals surface area (Å²) in [5, 5.41) is 0. The molecule has 0 aromatic heterocycles. The smallest absolute Gasteiger partial charge is 0.417 e. The van der Waals surface area contributed by atoms with Gasteiger partial charge < -0.3 is 9.47 Å². The molecule has 0 bridgehead atoms. The van der Waals surface area contributed by atoms with E-state index >= 15 is 0 Å². The fraction of sp³-hybridized carbons (Fsp3) is 0.875. The Labute approximate surface area is 123 Å². The SMILES string of the molecule is CCOC(=O)C(=O)OCCC(C)CC(C(C)C)C(C)C. The molecule has 0 aliphatic rings. The molecule has 0 saturated carbocycles. The number of carbonyl (C=O) groups excluding carboxylic acids is 2. The van der Waals surface area contributed by atoms with Crippen molar-refractivity contribution >= 4 is 11.9 Å². The highest BCUT2D eigenvalue weighted by molar-refractivity contribution is 6.29. The summed E-state index contributed by atoms with van der Waals surface area (Å²) in [6.07, 6.45) is 1.90. The van der Waals surface area contributed by atoms with Crippen LogP contribution in [0.25, 0.3) is 0 Å². The van der Waals surface area contributed by atoms with Crippen molar-refractivity contribution in [1.29, 1.82) is 0 Å². The highest BCUT2D eigenvalue weighted by Gasteiger charge is 2.21. The fourth-order valence-corrected chi connectivity index (χ4v) is 2.50. The Morgan fingerprint density at radius 2 is 1.40 bits per heavy atom. The Morgan fingerprint density at radius 3 is 1.85 bits per heavy atom. The molecule has 0 spiro atoms. The molecule has 20 heavy (non-hydrogen) atoms. The molecule has 0 heterocycles. The van der Waals surface area contributed by atoms with E-state index in [1.54, 1.807) is 6.92 Å². The lowest BCUT2D eigenvalue weighted by Crippen LogP contribution is -2.22. The number of ether oxygens (including phenoxy) is 2. The molecular formula is C16H30O4. The van der Waals surface area contributed by atoms with Gasteiger partial charge in [-0.3, -0.25) is 0 Å². The van der Waals surface area contributed by atoms with E-state index in [0.717, 1.165) is 12.8 Å². The third-order valence-corrected chi connectivity index (χ3v) is 3.67. The Bertz CT molecular complexity index is 289. The second-order valence-electron chi connectivity index (χ2n) is 6.14. The first-order valence-electron chi connectivity index (χ1n) is 7.63. The first kappa shape index (κ1) is 18.9. The van der Waals surface area contributed by atoms with E-state index in [1.807, 2.05) is 0 Å². The van der Waals surface area contributed by atoms with Crippen LogP contribution in [-0.2, 0) is 19.1 Å². The lowest BCUT2D eigenvalue weighted by molar-refractivity contribution is -0.167. The zero-order valence-corrected chi connectivity index (χ0v) is 13.8. The Hall–Kier alpha value is -1.06. The molecule has 0 N–H and O–H groups in total. The van der Waals surface area contributed by atoms with Crippen LogP contribution < -0.4 is 0 Å². The van der Waals surface area contributed by atoms with Gasteiger partial charge in [-0.2, -0.15) is 0 Å². The van der Waals surface area contributed by atoms with Gasteiger partial charge >= 0.3 is 11.9 Å². The molecule has 4 heteroatoms. The Balaban J connectivity index is 4.02. The molecule has 0 aromatic carbocycles. The van der Waals surface area contributed by atoms with Gasteiger partial charge in [0.25, 0.3) is 0 Å². The van der Waals surface area contributed by atoms with Crippen LogP contribution in [0, 0.1) is 23.7 Å². The summed E-state index contributed by atoms with van der Waals surface area (Å²) in [5.74, 6) is 0.662. The zero-order chi connectivity index (χ0) is 15.7. The van der Waals surface area contributed by atoms with E-state index in [2.05, 4.69) is 39.4 Å². The van der Waals surface area contributed by atoms with E-state index in [9.17, 15) is 9.59 Å². The normalized spacial score (nSPS) is 12.8. The average molecular weight is 286 g/mol. The molecule has 0 radical (unpaired) electrons. The van der Waals surface area contributed by atoms with Crippen LogP contribution in [-0.4, -0.2) is 25.2 Å². The van der Waals surface area contributed by atoms with Gasteiger partial charge in [-0.15, -0.1) is 0 Å². The Kier molecular flexibility index (Phi) is 9.26. The first-order chi connectivity index (χ1) is 9.29. The van der Waals surface area contributed by atoms with Gasteiger partial charge in [0.15, 0.2) is 0 Å². The summed E-state index contributed by atoms with van der Waals surface area (Å²) < 4.78 is 9.49. The maximum absolute atomic E-state index is 11.3. The molecule has 0 aliphatic heterocycles. The lowest BCUT2D eigenvalue weighted by Gasteiger charge is -2.27. The third kappa shape index (κ3) is 7.51. The monoisotopic (exact) mass is 286 g/mol. The molecule has 1 atom stereocenters. The second-order valence-corrected chi connectivity index (χ2v) is 6.14. The van der Waals surface area contributed by atoms with Crippen molar-refractivity contribution in [3.63, 3.8) is 0 Å².